The van der Waals surface area contributed by atoms with Crippen LogP contribution in [0.15, 0.2) is 28.7 Å². The van der Waals surface area contributed by atoms with Gasteiger partial charge in [0.2, 0.25) is 17.7 Å². The normalized spacial score (nSPS) is 10.5. The highest BCUT2D eigenvalue weighted by Crippen LogP contribution is 2.10. The number of aromatic nitrogens is 2. The minimum Gasteiger partial charge on any atom is -0.424 e. The molecule has 0 aliphatic heterocycles. The molecular weight excluding hydrogens is 294 g/mol. The zero-order valence-electron chi connectivity index (χ0n) is 13.2. The molecule has 0 saturated heterocycles. The molecule has 1 aromatic carbocycles. The van der Waals surface area contributed by atoms with E-state index in [2.05, 4.69) is 15.5 Å². The number of carbonyl (C=O) groups is 1. The number of benzene rings is 1. The largest absolute Gasteiger partial charge is 0.424 e. The number of hydrogen-bond acceptors (Lipinski definition) is 6. The second kappa shape index (κ2) is 8.06. The molecule has 0 saturated carbocycles. The first-order chi connectivity index (χ1) is 11.1. The molecule has 1 heterocycles. The fourth-order valence-corrected chi connectivity index (χ4v) is 2.07. The number of amides is 1. The number of carbonyl (C=O) groups excluding carboxylic acids is 1. The molecule has 0 aliphatic carbocycles. The molecule has 2 aromatic rings. The van der Waals surface area contributed by atoms with Gasteiger partial charge in [-0.1, -0.05) is 0 Å². The first-order valence-corrected chi connectivity index (χ1v) is 7.34. The van der Waals surface area contributed by atoms with Gasteiger partial charge in [-0.3, -0.25) is 9.69 Å². The molecular formula is C16H19N5O2. The number of rotatable bonds is 7. The Kier molecular flexibility index (Phi) is 5.83. The van der Waals surface area contributed by atoms with Crippen molar-refractivity contribution in [3.8, 4) is 6.07 Å². The summed E-state index contributed by atoms with van der Waals surface area (Å²) in [5.41, 5.74) is 1.27. The van der Waals surface area contributed by atoms with Gasteiger partial charge in [0, 0.05) is 19.0 Å². The van der Waals surface area contributed by atoms with Gasteiger partial charge in [0.25, 0.3) is 0 Å². The highest BCUT2D eigenvalue weighted by atomic mass is 16.4. The molecule has 0 aliphatic rings. The number of aryl methyl sites for hydroxylation is 1. The van der Waals surface area contributed by atoms with Gasteiger partial charge in [0.15, 0.2) is 0 Å². The second-order valence-electron chi connectivity index (χ2n) is 5.29. The van der Waals surface area contributed by atoms with E-state index in [0.29, 0.717) is 36.0 Å². The summed E-state index contributed by atoms with van der Waals surface area (Å²) < 4.78 is 5.31. The van der Waals surface area contributed by atoms with Crippen LogP contribution in [0.2, 0.25) is 0 Å². The fourth-order valence-electron chi connectivity index (χ4n) is 2.07. The summed E-state index contributed by atoms with van der Waals surface area (Å²) >= 11 is 0. The fraction of sp³-hybridized carbons (Fsp3) is 0.375. The van der Waals surface area contributed by atoms with Gasteiger partial charge in [0.1, 0.15) is 0 Å². The van der Waals surface area contributed by atoms with Crippen molar-refractivity contribution in [1.29, 1.82) is 5.26 Å². The summed E-state index contributed by atoms with van der Waals surface area (Å²) in [5.74, 6) is 1.08. The first-order valence-electron chi connectivity index (χ1n) is 7.34. The van der Waals surface area contributed by atoms with Crippen molar-refractivity contribution in [2.45, 2.75) is 26.3 Å². The van der Waals surface area contributed by atoms with E-state index in [0.717, 1.165) is 13.0 Å². The average molecular weight is 313 g/mol. The third-order valence-electron chi connectivity index (χ3n) is 3.21. The number of anilines is 1. The van der Waals surface area contributed by atoms with E-state index >= 15 is 0 Å². The summed E-state index contributed by atoms with van der Waals surface area (Å²) in [4.78, 5) is 13.9. The predicted octanol–water partition coefficient (Wildman–Crippen LogP) is 2.10. The average Bonchev–Trinajstić information content (AvgIpc) is 2.93. The molecule has 0 spiro atoms. The topological polar surface area (TPSA) is 95.0 Å². The van der Waals surface area contributed by atoms with Crippen molar-refractivity contribution >= 4 is 11.6 Å². The smallest absolute Gasteiger partial charge is 0.230 e. The molecule has 1 amide bonds. The third kappa shape index (κ3) is 5.52. The maximum atomic E-state index is 11.9. The van der Waals surface area contributed by atoms with Crippen LogP contribution in [0.4, 0.5) is 5.69 Å². The minimum absolute atomic E-state index is 0.0447. The lowest BCUT2D eigenvalue weighted by Gasteiger charge is -2.13. The predicted molar refractivity (Wildman–Crippen MR) is 84.4 cm³/mol. The Hall–Kier alpha value is -2.72. The standard InChI is InChI=1S/C16H19N5O2/c1-12-19-20-16(23-12)11-21(2)9-3-4-15(22)18-14-7-5-13(10-17)6-8-14/h5-8H,3-4,9,11H2,1-2H3,(H,18,22). The molecule has 23 heavy (non-hydrogen) atoms. The molecule has 1 aromatic heterocycles. The summed E-state index contributed by atoms with van der Waals surface area (Å²) in [6, 6.07) is 8.84. The van der Waals surface area contributed by atoms with Crippen molar-refractivity contribution in [2.75, 3.05) is 18.9 Å². The van der Waals surface area contributed by atoms with E-state index in [4.69, 9.17) is 9.68 Å². The van der Waals surface area contributed by atoms with Gasteiger partial charge < -0.3 is 9.73 Å². The number of hydrogen-bond donors (Lipinski definition) is 1. The highest BCUT2D eigenvalue weighted by Gasteiger charge is 2.08. The van der Waals surface area contributed by atoms with Crippen LogP contribution in [-0.2, 0) is 11.3 Å². The van der Waals surface area contributed by atoms with E-state index in [9.17, 15) is 4.79 Å². The molecule has 0 unspecified atom stereocenters. The Balaban J connectivity index is 1.68. The Morgan fingerprint density at radius 2 is 2.09 bits per heavy atom. The lowest BCUT2D eigenvalue weighted by atomic mass is 10.2. The Bertz CT molecular complexity index is 687. The zero-order chi connectivity index (χ0) is 16.7. The van der Waals surface area contributed by atoms with E-state index in [1.807, 2.05) is 18.0 Å². The Morgan fingerprint density at radius 3 is 2.70 bits per heavy atom. The molecule has 120 valence electrons. The van der Waals surface area contributed by atoms with Crippen molar-refractivity contribution in [3.63, 3.8) is 0 Å². The van der Waals surface area contributed by atoms with Crippen LogP contribution in [0.5, 0.6) is 0 Å². The monoisotopic (exact) mass is 313 g/mol. The molecule has 0 radical (unpaired) electrons. The van der Waals surface area contributed by atoms with Crippen LogP contribution in [0, 0.1) is 18.3 Å². The number of nitriles is 1. The molecule has 1 N–H and O–H groups in total. The third-order valence-corrected chi connectivity index (χ3v) is 3.21. The lowest BCUT2D eigenvalue weighted by Crippen LogP contribution is -2.21. The van der Waals surface area contributed by atoms with E-state index < -0.39 is 0 Å². The second-order valence-corrected chi connectivity index (χ2v) is 5.29. The number of nitrogens with zero attached hydrogens (tertiary/aromatic N) is 4. The number of nitrogens with one attached hydrogen (secondary N) is 1. The summed E-state index contributed by atoms with van der Waals surface area (Å²) in [5, 5.41) is 19.3. The van der Waals surface area contributed by atoms with Gasteiger partial charge >= 0.3 is 0 Å². The van der Waals surface area contributed by atoms with Gasteiger partial charge in [-0.2, -0.15) is 5.26 Å². The molecule has 7 nitrogen and oxygen atoms in total. The molecule has 2 rings (SSSR count). The maximum Gasteiger partial charge on any atom is 0.230 e. The van der Waals surface area contributed by atoms with E-state index in [-0.39, 0.29) is 5.91 Å². The van der Waals surface area contributed by atoms with Crippen LogP contribution >= 0.6 is 0 Å². The van der Waals surface area contributed by atoms with Gasteiger partial charge in [-0.15, -0.1) is 10.2 Å². The summed E-state index contributed by atoms with van der Waals surface area (Å²) in [7, 11) is 1.94. The van der Waals surface area contributed by atoms with Gasteiger partial charge in [0.05, 0.1) is 18.2 Å². The lowest BCUT2D eigenvalue weighted by molar-refractivity contribution is -0.116. The van der Waals surface area contributed by atoms with Crippen molar-refractivity contribution < 1.29 is 9.21 Å². The van der Waals surface area contributed by atoms with Crippen LogP contribution in [-0.4, -0.2) is 34.6 Å². The molecule has 0 fully saturated rings. The van der Waals surface area contributed by atoms with Crippen LogP contribution < -0.4 is 5.32 Å². The SMILES string of the molecule is Cc1nnc(CN(C)CCCC(=O)Nc2ccc(C#N)cc2)o1. The highest BCUT2D eigenvalue weighted by molar-refractivity contribution is 5.90. The summed E-state index contributed by atoms with van der Waals surface area (Å²) in [6.07, 6.45) is 1.15. The quantitative estimate of drug-likeness (QED) is 0.841. The minimum atomic E-state index is -0.0447. The summed E-state index contributed by atoms with van der Waals surface area (Å²) in [6.45, 7) is 3.07. The van der Waals surface area contributed by atoms with E-state index in [1.165, 1.54) is 0 Å². The molecule has 7 heteroatoms. The van der Waals surface area contributed by atoms with Crippen LogP contribution in [0.1, 0.15) is 30.2 Å². The van der Waals surface area contributed by atoms with Gasteiger partial charge in [-0.05, 0) is 44.3 Å². The van der Waals surface area contributed by atoms with E-state index in [1.54, 1.807) is 31.2 Å². The first kappa shape index (κ1) is 16.6. The van der Waals surface area contributed by atoms with Crippen molar-refractivity contribution in [3.05, 3.63) is 41.6 Å². The van der Waals surface area contributed by atoms with Gasteiger partial charge in [-0.25, -0.2) is 0 Å². The molecule has 0 atom stereocenters. The van der Waals surface area contributed by atoms with Crippen LogP contribution in [0.25, 0.3) is 0 Å². The Morgan fingerprint density at radius 1 is 1.35 bits per heavy atom. The van der Waals surface area contributed by atoms with Crippen LogP contribution in [0.3, 0.4) is 0 Å². The maximum absolute atomic E-state index is 11.9. The van der Waals surface area contributed by atoms with Crippen molar-refractivity contribution in [2.24, 2.45) is 0 Å². The van der Waals surface area contributed by atoms with Crippen molar-refractivity contribution in [1.82, 2.24) is 15.1 Å². The Labute approximate surface area is 134 Å². The zero-order valence-corrected chi connectivity index (χ0v) is 13.2. The molecule has 0 bridgehead atoms.